The number of primary amides is 1. The van der Waals surface area contributed by atoms with E-state index in [1.165, 1.54) is 24.3 Å². The molecule has 0 saturated carbocycles. The van der Waals surface area contributed by atoms with Crippen LogP contribution in [-0.2, 0) is 11.2 Å². The first-order valence-electron chi connectivity index (χ1n) is 6.67. The van der Waals surface area contributed by atoms with E-state index in [-0.39, 0.29) is 12.0 Å². The van der Waals surface area contributed by atoms with Gasteiger partial charge in [0.05, 0.1) is 5.56 Å². The molecule has 0 aliphatic carbocycles. The number of benzene rings is 2. The van der Waals surface area contributed by atoms with Gasteiger partial charge < -0.3 is 11.1 Å². The molecule has 0 aliphatic rings. The Morgan fingerprint density at radius 2 is 1.87 bits per heavy atom. The van der Waals surface area contributed by atoms with Gasteiger partial charge in [0.2, 0.25) is 5.91 Å². The van der Waals surface area contributed by atoms with Gasteiger partial charge in [-0.2, -0.15) is 0 Å². The molecule has 4 nitrogen and oxygen atoms in total. The number of amides is 2. The van der Waals surface area contributed by atoms with E-state index in [1.807, 2.05) is 0 Å². The molecular formula is C16H13Cl2FN2O2. The molecule has 0 bridgehead atoms. The summed E-state index contributed by atoms with van der Waals surface area (Å²) >= 11 is 11.9. The molecule has 23 heavy (non-hydrogen) atoms. The Labute approximate surface area is 142 Å². The van der Waals surface area contributed by atoms with E-state index in [0.717, 1.165) is 6.07 Å². The van der Waals surface area contributed by atoms with E-state index >= 15 is 0 Å². The van der Waals surface area contributed by atoms with Crippen molar-refractivity contribution in [2.24, 2.45) is 5.73 Å². The fourth-order valence-corrected chi connectivity index (χ4v) is 2.50. The van der Waals surface area contributed by atoms with Crippen molar-refractivity contribution < 1.29 is 14.0 Å². The number of hydrogen-bond acceptors (Lipinski definition) is 2. The maximum absolute atomic E-state index is 13.6. The minimum absolute atomic E-state index is 0.0749. The van der Waals surface area contributed by atoms with Gasteiger partial charge in [-0.1, -0.05) is 41.4 Å². The minimum atomic E-state index is -1.03. The predicted molar refractivity (Wildman–Crippen MR) is 87.0 cm³/mol. The lowest BCUT2D eigenvalue weighted by Gasteiger charge is -2.16. The lowest BCUT2D eigenvalue weighted by atomic mass is 10.0. The van der Waals surface area contributed by atoms with Crippen LogP contribution in [-0.4, -0.2) is 17.9 Å². The Balaban J connectivity index is 2.18. The number of halogens is 3. The first-order chi connectivity index (χ1) is 10.9. The SMILES string of the molecule is NC(=O)[C@H](Cc1ccc(Cl)cc1Cl)NC(=O)c1ccccc1F. The van der Waals surface area contributed by atoms with Crippen LogP contribution >= 0.6 is 23.2 Å². The van der Waals surface area contributed by atoms with Crippen molar-refractivity contribution in [3.63, 3.8) is 0 Å². The average Bonchev–Trinajstić information content (AvgIpc) is 2.49. The smallest absolute Gasteiger partial charge is 0.254 e. The van der Waals surface area contributed by atoms with E-state index in [2.05, 4.69) is 5.32 Å². The third kappa shape index (κ3) is 4.43. The number of carbonyl (C=O) groups is 2. The highest BCUT2D eigenvalue weighted by Crippen LogP contribution is 2.22. The Kier molecular flexibility index (Phi) is 5.58. The molecule has 120 valence electrons. The van der Waals surface area contributed by atoms with Gasteiger partial charge >= 0.3 is 0 Å². The number of carbonyl (C=O) groups excluding carboxylic acids is 2. The number of hydrogen-bond donors (Lipinski definition) is 2. The van der Waals surface area contributed by atoms with Crippen LogP contribution in [0.1, 0.15) is 15.9 Å². The Morgan fingerprint density at radius 3 is 2.48 bits per heavy atom. The quantitative estimate of drug-likeness (QED) is 0.866. The van der Waals surface area contributed by atoms with Gasteiger partial charge in [-0.3, -0.25) is 9.59 Å². The topological polar surface area (TPSA) is 72.2 Å². The van der Waals surface area contributed by atoms with E-state index < -0.39 is 23.7 Å². The molecule has 0 aliphatic heterocycles. The molecule has 0 fully saturated rings. The summed E-state index contributed by atoms with van der Waals surface area (Å²) in [6.45, 7) is 0. The second kappa shape index (κ2) is 7.44. The summed E-state index contributed by atoms with van der Waals surface area (Å²) in [5.74, 6) is -2.16. The molecule has 3 N–H and O–H groups in total. The number of rotatable bonds is 5. The minimum Gasteiger partial charge on any atom is -0.368 e. The molecule has 2 aromatic rings. The highest BCUT2D eigenvalue weighted by Gasteiger charge is 2.22. The van der Waals surface area contributed by atoms with E-state index in [1.54, 1.807) is 12.1 Å². The first-order valence-corrected chi connectivity index (χ1v) is 7.42. The van der Waals surface area contributed by atoms with Crippen molar-refractivity contribution in [1.29, 1.82) is 0 Å². The van der Waals surface area contributed by atoms with Crippen LogP contribution in [0.15, 0.2) is 42.5 Å². The van der Waals surface area contributed by atoms with Gasteiger partial charge in [0.25, 0.3) is 5.91 Å². The van der Waals surface area contributed by atoms with Gasteiger partial charge in [0.15, 0.2) is 0 Å². The van der Waals surface area contributed by atoms with E-state index in [0.29, 0.717) is 15.6 Å². The molecule has 2 aromatic carbocycles. The highest BCUT2D eigenvalue weighted by molar-refractivity contribution is 6.35. The maximum atomic E-state index is 13.6. The first kappa shape index (κ1) is 17.2. The monoisotopic (exact) mass is 354 g/mol. The second-order valence-corrected chi connectivity index (χ2v) is 5.69. The summed E-state index contributed by atoms with van der Waals surface area (Å²) in [5.41, 5.74) is 5.74. The Hall–Kier alpha value is -2.11. The lowest BCUT2D eigenvalue weighted by Crippen LogP contribution is -2.46. The predicted octanol–water partition coefficient (Wildman–Crippen LogP) is 2.96. The molecule has 0 aromatic heterocycles. The van der Waals surface area contributed by atoms with Crippen LogP contribution in [0.2, 0.25) is 10.0 Å². The van der Waals surface area contributed by atoms with E-state index in [4.69, 9.17) is 28.9 Å². The second-order valence-electron chi connectivity index (χ2n) is 4.85. The lowest BCUT2D eigenvalue weighted by molar-refractivity contribution is -0.119. The molecule has 0 spiro atoms. The summed E-state index contributed by atoms with van der Waals surface area (Å²) in [7, 11) is 0. The van der Waals surface area contributed by atoms with Crippen molar-refractivity contribution in [2.75, 3.05) is 0 Å². The van der Waals surface area contributed by atoms with Crippen molar-refractivity contribution in [3.05, 3.63) is 69.5 Å². The van der Waals surface area contributed by atoms with Gasteiger partial charge in [0, 0.05) is 16.5 Å². The highest BCUT2D eigenvalue weighted by atomic mass is 35.5. The molecule has 2 rings (SSSR count). The van der Waals surface area contributed by atoms with Gasteiger partial charge in [-0.15, -0.1) is 0 Å². The molecule has 0 saturated heterocycles. The van der Waals surface area contributed by atoms with Crippen LogP contribution in [0.3, 0.4) is 0 Å². The molecule has 7 heteroatoms. The van der Waals surface area contributed by atoms with Crippen LogP contribution in [0, 0.1) is 5.82 Å². The van der Waals surface area contributed by atoms with Gasteiger partial charge in [-0.05, 0) is 29.8 Å². The van der Waals surface area contributed by atoms with Crippen LogP contribution < -0.4 is 11.1 Å². The van der Waals surface area contributed by atoms with Gasteiger partial charge in [0.1, 0.15) is 11.9 Å². The summed E-state index contributed by atoms with van der Waals surface area (Å²) in [6, 6.07) is 9.20. The fraction of sp³-hybridized carbons (Fsp3) is 0.125. The van der Waals surface area contributed by atoms with Crippen molar-refractivity contribution in [2.45, 2.75) is 12.5 Å². The number of nitrogens with one attached hydrogen (secondary N) is 1. The molecule has 0 radical (unpaired) electrons. The van der Waals surface area contributed by atoms with Crippen molar-refractivity contribution >= 4 is 35.0 Å². The van der Waals surface area contributed by atoms with Crippen molar-refractivity contribution in [1.82, 2.24) is 5.32 Å². The van der Waals surface area contributed by atoms with Gasteiger partial charge in [-0.25, -0.2) is 4.39 Å². The largest absolute Gasteiger partial charge is 0.368 e. The summed E-state index contributed by atoms with van der Waals surface area (Å²) in [6.07, 6.45) is 0.0749. The Bertz CT molecular complexity index is 753. The summed E-state index contributed by atoms with van der Waals surface area (Å²) in [5, 5.41) is 3.22. The molecule has 2 amide bonds. The normalized spacial score (nSPS) is 11.8. The van der Waals surface area contributed by atoms with Crippen LogP contribution in [0.4, 0.5) is 4.39 Å². The summed E-state index contributed by atoms with van der Waals surface area (Å²) in [4.78, 5) is 23.7. The number of nitrogens with two attached hydrogens (primary N) is 1. The standard InChI is InChI=1S/C16H13Cl2FN2O2/c17-10-6-5-9(12(18)8-10)7-14(15(20)22)21-16(23)11-3-1-2-4-13(11)19/h1-6,8,14H,7H2,(H2,20,22)(H,21,23)/t14-/m0/s1. The Morgan fingerprint density at radius 1 is 1.17 bits per heavy atom. The average molecular weight is 355 g/mol. The molecule has 0 heterocycles. The van der Waals surface area contributed by atoms with E-state index in [9.17, 15) is 14.0 Å². The third-order valence-corrected chi connectivity index (χ3v) is 3.79. The fourth-order valence-electron chi connectivity index (χ4n) is 2.01. The summed E-state index contributed by atoms with van der Waals surface area (Å²) < 4.78 is 13.6. The zero-order valence-corrected chi connectivity index (χ0v) is 13.4. The van der Waals surface area contributed by atoms with Crippen LogP contribution in [0.25, 0.3) is 0 Å². The molecular weight excluding hydrogens is 342 g/mol. The maximum Gasteiger partial charge on any atom is 0.254 e. The zero-order valence-electron chi connectivity index (χ0n) is 11.9. The van der Waals surface area contributed by atoms with Crippen molar-refractivity contribution in [3.8, 4) is 0 Å². The molecule has 1 atom stereocenters. The third-order valence-electron chi connectivity index (χ3n) is 3.21. The zero-order chi connectivity index (χ0) is 17.0. The van der Waals surface area contributed by atoms with Crippen LogP contribution in [0.5, 0.6) is 0 Å². The molecule has 0 unspecified atom stereocenters.